The summed E-state index contributed by atoms with van der Waals surface area (Å²) in [7, 11) is 0. The number of rotatable bonds is 38. The van der Waals surface area contributed by atoms with E-state index in [9.17, 15) is 9.59 Å². The van der Waals surface area contributed by atoms with Crippen LogP contribution in [-0.2, 0) is 23.8 Å². The van der Waals surface area contributed by atoms with E-state index in [1.165, 1.54) is 77.0 Å². The van der Waals surface area contributed by atoms with Crippen molar-refractivity contribution in [3.8, 4) is 0 Å². The zero-order chi connectivity index (χ0) is 37.8. The van der Waals surface area contributed by atoms with Gasteiger partial charge in [0, 0.05) is 19.4 Å². The number of ether oxygens (including phenoxy) is 3. The van der Waals surface area contributed by atoms with Crippen molar-refractivity contribution >= 4 is 11.9 Å². The van der Waals surface area contributed by atoms with Crippen LogP contribution in [0.3, 0.4) is 0 Å². The van der Waals surface area contributed by atoms with E-state index in [0.29, 0.717) is 25.9 Å². The molecule has 298 valence electrons. The number of hydrogen-bond acceptors (Lipinski definition) is 5. The third kappa shape index (κ3) is 40.1. The number of esters is 2. The molecule has 0 saturated heterocycles. The van der Waals surface area contributed by atoms with Crippen molar-refractivity contribution in [1.29, 1.82) is 0 Å². The Morgan fingerprint density at radius 1 is 0.442 bits per heavy atom. The fraction of sp³-hybridized carbons (Fsp3) is 0.702. The summed E-state index contributed by atoms with van der Waals surface area (Å²) in [6.45, 7) is 7.48. The largest absolute Gasteiger partial charge is 0.462 e. The van der Waals surface area contributed by atoms with Gasteiger partial charge in [-0.25, -0.2) is 0 Å². The summed E-state index contributed by atoms with van der Waals surface area (Å²) in [6.07, 6.45) is 54.0. The molecule has 0 fully saturated rings. The van der Waals surface area contributed by atoms with Crippen molar-refractivity contribution in [1.82, 2.24) is 0 Å². The first kappa shape index (κ1) is 49.3. The predicted octanol–water partition coefficient (Wildman–Crippen LogP) is 14.0. The van der Waals surface area contributed by atoms with Crippen molar-refractivity contribution in [3.63, 3.8) is 0 Å². The molecule has 5 heteroatoms. The zero-order valence-corrected chi connectivity index (χ0v) is 34.1. The predicted molar refractivity (Wildman–Crippen MR) is 224 cm³/mol. The van der Waals surface area contributed by atoms with E-state index in [1.54, 1.807) is 0 Å². The summed E-state index contributed by atoms with van der Waals surface area (Å²) >= 11 is 0. The van der Waals surface area contributed by atoms with E-state index in [4.69, 9.17) is 14.2 Å². The van der Waals surface area contributed by atoms with Crippen molar-refractivity contribution in [3.05, 3.63) is 72.9 Å². The lowest BCUT2D eigenvalue weighted by Crippen LogP contribution is -2.30. The summed E-state index contributed by atoms with van der Waals surface area (Å²) in [5.41, 5.74) is 0. The van der Waals surface area contributed by atoms with Gasteiger partial charge in [0.1, 0.15) is 6.61 Å². The van der Waals surface area contributed by atoms with Gasteiger partial charge in [0.2, 0.25) is 0 Å². The van der Waals surface area contributed by atoms with Crippen molar-refractivity contribution in [2.24, 2.45) is 0 Å². The Hall–Kier alpha value is -2.66. The van der Waals surface area contributed by atoms with Gasteiger partial charge in [0.05, 0.1) is 6.61 Å². The first-order valence-electron chi connectivity index (χ1n) is 21.5. The van der Waals surface area contributed by atoms with Crippen molar-refractivity contribution in [2.45, 2.75) is 194 Å². The highest BCUT2D eigenvalue weighted by molar-refractivity contribution is 5.70. The van der Waals surface area contributed by atoms with Gasteiger partial charge < -0.3 is 14.2 Å². The smallest absolute Gasteiger partial charge is 0.306 e. The molecule has 0 aliphatic carbocycles. The molecule has 0 bridgehead atoms. The van der Waals surface area contributed by atoms with Gasteiger partial charge in [0.25, 0.3) is 0 Å². The third-order valence-electron chi connectivity index (χ3n) is 8.77. The lowest BCUT2D eigenvalue weighted by atomic mass is 10.0. The number of carbonyl (C=O) groups is 2. The Balaban J connectivity index is 4.16. The van der Waals surface area contributed by atoms with Crippen LogP contribution in [0.2, 0.25) is 0 Å². The van der Waals surface area contributed by atoms with E-state index in [-0.39, 0.29) is 25.2 Å². The Kier molecular flexibility index (Phi) is 40.6. The third-order valence-corrected chi connectivity index (χ3v) is 8.77. The molecule has 0 saturated carbocycles. The molecule has 0 spiro atoms. The summed E-state index contributed by atoms with van der Waals surface area (Å²) in [6, 6.07) is 0. The molecule has 0 N–H and O–H groups in total. The lowest BCUT2D eigenvalue weighted by Gasteiger charge is -2.18. The highest BCUT2D eigenvalue weighted by Gasteiger charge is 2.17. The van der Waals surface area contributed by atoms with Crippen LogP contribution in [0.15, 0.2) is 72.9 Å². The Labute approximate surface area is 321 Å². The number of unbranched alkanes of at least 4 members (excludes halogenated alkanes) is 15. The van der Waals surface area contributed by atoms with Gasteiger partial charge in [-0.05, 0) is 57.8 Å². The van der Waals surface area contributed by atoms with Gasteiger partial charge in [-0.1, -0.05) is 190 Å². The van der Waals surface area contributed by atoms with Crippen LogP contribution < -0.4 is 0 Å². The van der Waals surface area contributed by atoms with Crippen molar-refractivity contribution in [2.75, 3.05) is 19.8 Å². The molecule has 1 atom stereocenters. The fourth-order valence-electron chi connectivity index (χ4n) is 5.59. The molecule has 0 aliphatic rings. The quantitative estimate of drug-likeness (QED) is 0.0360. The van der Waals surface area contributed by atoms with E-state index >= 15 is 0 Å². The summed E-state index contributed by atoms with van der Waals surface area (Å²) in [5.74, 6) is -0.522. The molecule has 0 unspecified atom stereocenters. The first-order valence-corrected chi connectivity index (χ1v) is 21.5. The monoisotopic (exact) mass is 725 g/mol. The summed E-state index contributed by atoms with van der Waals surface area (Å²) in [5, 5.41) is 0. The van der Waals surface area contributed by atoms with E-state index < -0.39 is 6.10 Å². The Bertz CT molecular complexity index is 957. The molecule has 0 rings (SSSR count). The van der Waals surface area contributed by atoms with E-state index in [2.05, 4.69) is 87.6 Å². The first-order chi connectivity index (χ1) is 25.6. The van der Waals surface area contributed by atoms with Crippen LogP contribution >= 0.6 is 0 Å². The van der Waals surface area contributed by atoms with Crippen molar-refractivity contribution < 1.29 is 23.8 Å². The topological polar surface area (TPSA) is 61.8 Å². The van der Waals surface area contributed by atoms with Gasteiger partial charge in [0.15, 0.2) is 6.10 Å². The second kappa shape index (κ2) is 42.8. The summed E-state index contributed by atoms with van der Waals surface area (Å²) in [4.78, 5) is 24.7. The van der Waals surface area contributed by atoms with Crippen LogP contribution in [-0.4, -0.2) is 37.9 Å². The standard InChI is InChI=1S/C47H80O5/c1-4-7-10-12-14-16-18-20-22-23-24-25-26-27-29-31-33-35-38-41-47(49)52-45(44-51-46(48)40-37-9-6-3)43-50-42-39-36-34-32-30-28-21-19-17-15-13-11-8-5-2/h7,10,14,16,20,22,24-25,27,29,33,35,45H,4-6,8-9,11-13,15,17-19,21,23,26,28,30-32,34,36-44H2,1-3H3/b10-7-,16-14-,22-20-,25-24-,29-27-,35-33-/t45-/m1/s1. The highest BCUT2D eigenvalue weighted by atomic mass is 16.6. The molecule has 0 amide bonds. The SMILES string of the molecule is CC/C=C\C/C=C\C/C=C\C/C=C\C/C=C\C/C=C\CCC(=O)O[C@H](COCCCCCCCCCCCCCCCC)COC(=O)CCCCC. The number of hydrogen-bond donors (Lipinski definition) is 0. The minimum Gasteiger partial charge on any atom is -0.462 e. The van der Waals surface area contributed by atoms with Crippen LogP contribution in [0.5, 0.6) is 0 Å². The normalized spacial score (nSPS) is 12.9. The maximum atomic E-state index is 12.6. The van der Waals surface area contributed by atoms with Crippen LogP contribution in [0.1, 0.15) is 188 Å². The summed E-state index contributed by atoms with van der Waals surface area (Å²) < 4.78 is 17.0. The molecule has 5 nitrogen and oxygen atoms in total. The molecule has 0 heterocycles. The minimum atomic E-state index is -0.570. The molecule has 0 radical (unpaired) electrons. The highest BCUT2D eigenvalue weighted by Crippen LogP contribution is 2.13. The second-order valence-corrected chi connectivity index (χ2v) is 13.9. The molecule has 0 aromatic carbocycles. The number of allylic oxidation sites excluding steroid dienone is 12. The minimum absolute atomic E-state index is 0.0509. The molecule has 0 aromatic heterocycles. The molecule has 52 heavy (non-hydrogen) atoms. The van der Waals surface area contributed by atoms with Gasteiger partial charge >= 0.3 is 11.9 Å². The van der Waals surface area contributed by atoms with Crippen LogP contribution in [0.25, 0.3) is 0 Å². The van der Waals surface area contributed by atoms with E-state index in [1.807, 2.05) is 6.08 Å². The molecule has 0 aliphatic heterocycles. The molecular formula is C47H80O5. The van der Waals surface area contributed by atoms with Gasteiger partial charge in [-0.15, -0.1) is 0 Å². The number of carbonyl (C=O) groups excluding carboxylic acids is 2. The van der Waals surface area contributed by atoms with E-state index in [0.717, 1.165) is 70.6 Å². The van der Waals surface area contributed by atoms with Crippen LogP contribution in [0, 0.1) is 0 Å². The lowest BCUT2D eigenvalue weighted by molar-refractivity contribution is -0.162. The maximum absolute atomic E-state index is 12.6. The van der Waals surface area contributed by atoms with Gasteiger partial charge in [-0.2, -0.15) is 0 Å². The second-order valence-electron chi connectivity index (χ2n) is 13.9. The zero-order valence-electron chi connectivity index (χ0n) is 34.1. The van der Waals surface area contributed by atoms with Gasteiger partial charge in [-0.3, -0.25) is 9.59 Å². The Morgan fingerprint density at radius 2 is 0.865 bits per heavy atom. The maximum Gasteiger partial charge on any atom is 0.306 e. The van der Waals surface area contributed by atoms with Crippen LogP contribution in [0.4, 0.5) is 0 Å². The fourth-order valence-corrected chi connectivity index (χ4v) is 5.59. The molecular weight excluding hydrogens is 645 g/mol. The molecule has 0 aromatic rings. The Morgan fingerprint density at radius 3 is 1.35 bits per heavy atom. The average molecular weight is 725 g/mol. The average Bonchev–Trinajstić information content (AvgIpc) is 3.14.